The molecule has 0 fully saturated rings. The molecule has 0 bridgehead atoms. The van der Waals surface area contributed by atoms with Gasteiger partial charge in [0.25, 0.3) is 0 Å². The maximum atomic E-state index is 4.59. The molecule has 0 amide bonds. The molecule has 1 heterocycles. The lowest BCUT2D eigenvalue weighted by molar-refractivity contribution is 0.731. The van der Waals surface area contributed by atoms with E-state index < -0.39 is 0 Å². The van der Waals surface area contributed by atoms with Crippen LogP contribution >= 0.6 is 0 Å². The molecule has 0 atom stereocenters. The Morgan fingerprint density at radius 3 is 2.42 bits per heavy atom. The molecular weight excluding hydrogens is 322 g/mol. The average Bonchev–Trinajstić information content (AvgIpc) is 3.18. The lowest BCUT2D eigenvalue weighted by atomic mass is 10.1. The van der Waals surface area contributed by atoms with Crippen LogP contribution in [0.15, 0.2) is 77.9 Å². The molecule has 0 saturated heterocycles. The van der Waals surface area contributed by atoms with Crippen LogP contribution in [0.25, 0.3) is 5.69 Å². The van der Waals surface area contributed by atoms with Crippen LogP contribution in [-0.4, -0.2) is 29.3 Å². The molecule has 0 aliphatic heterocycles. The van der Waals surface area contributed by atoms with Crippen LogP contribution in [0.4, 0.5) is 0 Å². The van der Waals surface area contributed by atoms with Gasteiger partial charge in [0.1, 0.15) is 0 Å². The molecule has 26 heavy (non-hydrogen) atoms. The summed E-state index contributed by atoms with van der Waals surface area (Å²) in [5.41, 5.74) is 3.40. The van der Waals surface area contributed by atoms with Crippen LogP contribution in [0.3, 0.4) is 0 Å². The number of aliphatic imine (C=N–C) groups is 1. The van der Waals surface area contributed by atoms with Gasteiger partial charge in [-0.25, -0.2) is 4.68 Å². The summed E-state index contributed by atoms with van der Waals surface area (Å²) in [5, 5.41) is 11.3. The molecule has 1 aromatic heterocycles. The van der Waals surface area contributed by atoms with Crippen LogP contribution in [0.1, 0.15) is 17.7 Å². The molecule has 5 nitrogen and oxygen atoms in total. The van der Waals surface area contributed by atoms with Crippen molar-refractivity contribution in [2.75, 3.05) is 13.6 Å². The third-order valence-corrected chi connectivity index (χ3v) is 4.10. The Balaban J connectivity index is 1.42. The minimum Gasteiger partial charge on any atom is -0.356 e. The number of hydrogen-bond acceptors (Lipinski definition) is 2. The summed E-state index contributed by atoms with van der Waals surface area (Å²) in [6.45, 7) is 1.52. The highest BCUT2D eigenvalue weighted by atomic mass is 15.3. The zero-order valence-corrected chi connectivity index (χ0v) is 15.1. The van der Waals surface area contributed by atoms with Gasteiger partial charge in [-0.05, 0) is 36.6 Å². The van der Waals surface area contributed by atoms with Crippen molar-refractivity contribution in [2.24, 2.45) is 4.99 Å². The molecule has 3 aromatic rings. The number of hydrogen-bond donors (Lipinski definition) is 2. The van der Waals surface area contributed by atoms with Crippen molar-refractivity contribution in [3.8, 4) is 5.69 Å². The topological polar surface area (TPSA) is 54.2 Å². The predicted molar refractivity (Wildman–Crippen MR) is 107 cm³/mol. The van der Waals surface area contributed by atoms with Gasteiger partial charge in [0, 0.05) is 19.8 Å². The first-order chi connectivity index (χ1) is 12.8. The number of benzene rings is 2. The monoisotopic (exact) mass is 347 g/mol. The standard InChI is InChI=1S/C21H25N5/c1-22-21(23-15-8-11-18-9-4-2-5-10-18)24-17-19-14-16-26(25-19)20-12-6-3-7-13-20/h2-7,9-10,12-14,16H,8,11,15,17H2,1H3,(H2,22,23,24). The fourth-order valence-corrected chi connectivity index (χ4v) is 2.72. The number of rotatable bonds is 7. The molecule has 2 aromatic carbocycles. The summed E-state index contributed by atoms with van der Waals surface area (Å²) < 4.78 is 1.88. The van der Waals surface area contributed by atoms with Crippen molar-refractivity contribution in [1.82, 2.24) is 20.4 Å². The van der Waals surface area contributed by atoms with Crippen molar-refractivity contribution in [3.63, 3.8) is 0 Å². The Labute approximate surface area is 154 Å². The summed E-state index contributed by atoms with van der Waals surface area (Å²) in [7, 11) is 1.79. The highest BCUT2D eigenvalue weighted by Gasteiger charge is 2.03. The number of aromatic nitrogens is 2. The van der Waals surface area contributed by atoms with Crippen molar-refractivity contribution in [2.45, 2.75) is 19.4 Å². The second-order valence-electron chi connectivity index (χ2n) is 6.03. The highest BCUT2D eigenvalue weighted by Crippen LogP contribution is 2.06. The van der Waals surface area contributed by atoms with Crippen LogP contribution in [0.2, 0.25) is 0 Å². The van der Waals surface area contributed by atoms with Crippen molar-refractivity contribution in [1.29, 1.82) is 0 Å². The lowest BCUT2D eigenvalue weighted by Gasteiger charge is -2.11. The molecule has 5 heteroatoms. The summed E-state index contributed by atoms with van der Waals surface area (Å²) in [6, 6.07) is 22.7. The molecule has 3 rings (SSSR count). The second kappa shape index (κ2) is 9.42. The van der Waals surface area contributed by atoms with E-state index in [4.69, 9.17) is 0 Å². The molecule has 0 saturated carbocycles. The first-order valence-corrected chi connectivity index (χ1v) is 8.93. The van der Waals surface area contributed by atoms with Gasteiger partial charge < -0.3 is 10.6 Å². The molecule has 0 aliphatic carbocycles. The third-order valence-electron chi connectivity index (χ3n) is 4.10. The number of nitrogens with zero attached hydrogens (tertiary/aromatic N) is 3. The smallest absolute Gasteiger partial charge is 0.191 e. The van der Waals surface area contributed by atoms with Gasteiger partial charge in [-0.1, -0.05) is 48.5 Å². The summed E-state index contributed by atoms with van der Waals surface area (Å²) in [5.74, 6) is 0.798. The van der Waals surface area contributed by atoms with Gasteiger partial charge in [-0.3, -0.25) is 4.99 Å². The van der Waals surface area contributed by atoms with Gasteiger partial charge in [0.05, 0.1) is 17.9 Å². The molecule has 0 spiro atoms. The van der Waals surface area contributed by atoms with Crippen LogP contribution in [0, 0.1) is 0 Å². The van der Waals surface area contributed by atoms with Gasteiger partial charge >= 0.3 is 0 Å². The number of guanidine groups is 1. The molecular formula is C21H25N5. The Kier molecular flexibility index (Phi) is 6.42. The average molecular weight is 347 g/mol. The van der Waals surface area contributed by atoms with E-state index in [0.29, 0.717) is 6.54 Å². The first kappa shape index (κ1) is 17.7. The second-order valence-corrected chi connectivity index (χ2v) is 6.03. The van der Waals surface area contributed by atoms with Crippen molar-refractivity contribution in [3.05, 3.63) is 84.2 Å². The maximum absolute atomic E-state index is 4.59. The number of para-hydroxylation sites is 1. The number of aryl methyl sites for hydroxylation is 1. The van der Waals surface area contributed by atoms with Gasteiger partial charge in [-0.15, -0.1) is 0 Å². The third kappa shape index (κ3) is 5.21. The largest absolute Gasteiger partial charge is 0.356 e. The van der Waals surface area contributed by atoms with Crippen molar-refractivity contribution < 1.29 is 0 Å². The molecule has 0 unspecified atom stereocenters. The van der Waals surface area contributed by atoms with E-state index in [2.05, 4.69) is 45.0 Å². The SMILES string of the molecule is CN=C(NCCCc1ccccc1)NCc1ccn(-c2ccccc2)n1. The first-order valence-electron chi connectivity index (χ1n) is 8.93. The van der Waals surface area contributed by atoms with Crippen molar-refractivity contribution >= 4 is 5.96 Å². The van der Waals surface area contributed by atoms with Crippen LogP contribution in [-0.2, 0) is 13.0 Å². The summed E-state index contributed by atoms with van der Waals surface area (Å²) >= 11 is 0. The fourth-order valence-electron chi connectivity index (χ4n) is 2.72. The summed E-state index contributed by atoms with van der Waals surface area (Å²) in [4.78, 5) is 4.27. The Bertz CT molecular complexity index is 809. The van der Waals surface area contributed by atoms with E-state index in [9.17, 15) is 0 Å². The molecule has 0 aliphatic rings. The van der Waals surface area contributed by atoms with E-state index in [-0.39, 0.29) is 0 Å². The minimum absolute atomic E-state index is 0.637. The highest BCUT2D eigenvalue weighted by molar-refractivity contribution is 5.79. The van der Waals surface area contributed by atoms with E-state index >= 15 is 0 Å². The molecule has 0 radical (unpaired) electrons. The van der Waals surface area contributed by atoms with E-state index in [1.54, 1.807) is 7.05 Å². The lowest BCUT2D eigenvalue weighted by Crippen LogP contribution is -2.37. The zero-order chi connectivity index (χ0) is 18.0. The Hall–Kier alpha value is -3.08. The fraction of sp³-hybridized carbons (Fsp3) is 0.238. The minimum atomic E-state index is 0.637. The normalized spacial score (nSPS) is 11.3. The van der Waals surface area contributed by atoms with Gasteiger partial charge in [0.2, 0.25) is 0 Å². The zero-order valence-electron chi connectivity index (χ0n) is 15.1. The quantitative estimate of drug-likeness (QED) is 0.392. The molecule has 134 valence electrons. The van der Waals surface area contributed by atoms with Gasteiger partial charge in [-0.2, -0.15) is 5.10 Å². The van der Waals surface area contributed by atoms with E-state index in [0.717, 1.165) is 36.7 Å². The van der Waals surface area contributed by atoms with Crippen LogP contribution in [0.5, 0.6) is 0 Å². The predicted octanol–water partition coefficient (Wildman–Crippen LogP) is 3.17. The Morgan fingerprint density at radius 2 is 1.69 bits per heavy atom. The number of nitrogens with one attached hydrogen (secondary N) is 2. The Morgan fingerprint density at radius 1 is 0.962 bits per heavy atom. The van der Waals surface area contributed by atoms with E-state index in [1.165, 1.54) is 5.56 Å². The maximum Gasteiger partial charge on any atom is 0.191 e. The van der Waals surface area contributed by atoms with E-state index in [1.807, 2.05) is 53.3 Å². The van der Waals surface area contributed by atoms with Gasteiger partial charge in [0.15, 0.2) is 5.96 Å². The molecule has 2 N–H and O–H groups in total. The van der Waals surface area contributed by atoms with Crippen LogP contribution < -0.4 is 10.6 Å². The summed E-state index contributed by atoms with van der Waals surface area (Å²) in [6.07, 6.45) is 4.10.